The third kappa shape index (κ3) is 6.31. The molecule has 0 aliphatic carbocycles. The van der Waals surface area contributed by atoms with E-state index in [-0.39, 0.29) is 40.5 Å². The number of likely N-dealkylation sites (tertiary alicyclic amines) is 1. The van der Waals surface area contributed by atoms with Gasteiger partial charge in [0.2, 0.25) is 0 Å². The number of hydrogen-bond acceptors (Lipinski definition) is 5. The van der Waals surface area contributed by atoms with Gasteiger partial charge in [-0.05, 0) is 62.9 Å². The molecule has 2 aromatic rings. The van der Waals surface area contributed by atoms with Crippen LogP contribution in [0.25, 0.3) is 0 Å². The summed E-state index contributed by atoms with van der Waals surface area (Å²) in [7, 11) is 1.69. The minimum Gasteiger partial charge on any atom is -0.491 e. The van der Waals surface area contributed by atoms with Gasteiger partial charge in [-0.1, -0.05) is 0 Å². The summed E-state index contributed by atoms with van der Waals surface area (Å²) in [6.07, 6.45) is 3.77. The molecule has 9 heteroatoms. The maximum atomic E-state index is 14.7. The number of rotatable bonds is 8. The van der Waals surface area contributed by atoms with Crippen molar-refractivity contribution in [3.05, 3.63) is 65.6 Å². The van der Waals surface area contributed by atoms with Crippen LogP contribution in [-0.4, -0.2) is 48.8 Å². The van der Waals surface area contributed by atoms with Crippen LogP contribution in [0.4, 0.5) is 4.39 Å². The fourth-order valence-corrected chi connectivity index (χ4v) is 3.03. The Labute approximate surface area is 191 Å². The Kier molecular flexibility index (Phi) is 7.66. The Balaban J connectivity index is 1.87. The van der Waals surface area contributed by atoms with Crippen molar-refractivity contribution in [3.8, 4) is 17.2 Å². The summed E-state index contributed by atoms with van der Waals surface area (Å²) >= 11 is 0. The highest BCUT2D eigenvalue weighted by Gasteiger charge is 2.22. The highest BCUT2D eigenvalue weighted by atomic mass is 19.1. The smallest absolute Gasteiger partial charge is 0.279 e. The number of aliphatic imine (C=N–C) groups is 1. The number of hydrogen-bond donors (Lipinski definition) is 2. The summed E-state index contributed by atoms with van der Waals surface area (Å²) < 4.78 is 26.1. The molecule has 33 heavy (non-hydrogen) atoms. The standard InChI is InChI=1S/C24H27FN4O4/c1-15(2)32-18-11-17(23(30)28-22(26)7-8-27-3)12-19(14-18)33-21-6-5-16(13-20(21)25)24(31)29-9-4-10-29/h5-8,11-15,27H,4,9-10H2,1-3H3,(H2,26,28,30)/b8-7-. The van der Waals surface area contributed by atoms with E-state index in [2.05, 4.69) is 10.3 Å². The number of amides is 2. The van der Waals surface area contributed by atoms with Crippen molar-refractivity contribution < 1.29 is 23.5 Å². The quantitative estimate of drug-likeness (QED) is 0.467. The van der Waals surface area contributed by atoms with Crippen LogP contribution >= 0.6 is 0 Å². The Morgan fingerprint density at radius 2 is 1.88 bits per heavy atom. The fourth-order valence-electron chi connectivity index (χ4n) is 3.03. The Morgan fingerprint density at radius 3 is 2.48 bits per heavy atom. The molecule has 0 radical (unpaired) electrons. The average molecular weight is 455 g/mol. The van der Waals surface area contributed by atoms with E-state index in [1.54, 1.807) is 18.0 Å². The molecule has 0 saturated carbocycles. The van der Waals surface area contributed by atoms with Crippen molar-refractivity contribution in [2.24, 2.45) is 10.7 Å². The molecule has 1 saturated heterocycles. The second-order valence-electron chi connectivity index (χ2n) is 7.72. The Morgan fingerprint density at radius 1 is 1.15 bits per heavy atom. The third-order valence-electron chi connectivity index (χ3n) is 4.70. The number of nitrogens with one attached hydrogen (secondary N) is 1. The lowest BCUT2D eigenvalue weighted by Crippen LogP contribution is -2.42. The van der Waals surface area contributed by atoms with Crippen molar-refractivity contribution in [1.82, 2.24) is 10.2 Å². The normalized spacial score (nSPS) is 13.7. The van der Waals surface area contributed by atoms with Crippen LogP contribution in [0, 0.1) is 5.82 Å². The van der Waals surface area contributed by atoms with E-state index in [9.17, 15) is 14.0 Å². The van der Waals surface area contributed by atoms with Gasteiger partial charge in [0.25, 0.3) is 11.8 Å². The number of carbonyl (C=O) groups is 2. The first-order valence-electron chi connectivity index (χ1n) is 10.6. The number of carbonyl (C=O) groups excluding carboxylic acids is 2. The summed E-state index contributed by atoms with van der Waals surface area (Å²) in [5.41, 5.74) is 6.15. The average Bonchev–Trinajstić information content (AvgIpc) is 2.71. The third-order valence-corrected chi connectivity index (χ3v) is 4.70. The van der Waals surface area contributed by atoms with Gasteiger partial charge in [-0.15, -0.1) is 0 Å². The Bertz CT molecular complexity index is 1090. The van der Waals surface area contributed by atoms with E-state index in [1.165, 1.54) is 36.5 Å². The maximum absolute atomic E-state index is 14.7. The SMILES string of the molecule is CN/C=C\C(N)=NC(=O)c1cc(Oc2ccc(C(=O)N3CCC3)cc2F)cc(OC(C)C)c1. The molecule has 0 spiro atoms. The molecule has 2 aromatic carbocycles. The van der Waals surface area contributed by atoms with Gasteiger partial charge in [0.15, 0.2) is 11.6 Å². The molecule has 1 fully saturated rings. The predicted octanol–water partition coefficient (Wildman–Crippen LogP) is 3.48. The lowest BCUT2D eigenvalue weighted by molar-refractivity contribution is 0.0651. The van der Waals surface area contributed by atoms with Crippen LogP contribution in [0.3, 0.4) is 0 Å². The summed E-state index contributed by atoms with van der Waals surface area (Å²) in [4.78, 5) is 30.4. The van der Waals surface area contributed by atoms with Crippen molar-refractivity contribution >= 4 is 17.6 Å². The number of nitrogens with two attached hydrogens (primary N) is 1. The zero-order chi connectivity index (χ0) is 24.0. The first-order valence-corrected chi connectivity index (χ1v) is 10.6. The van der Waals surface area contributed by atoms with Crippen molar-refractivity contribution in [2.75, 3.05) is 20.1 Å². The van der Waals surface area contributed by atoms with Gasteiger partial charge in [-0.2, -0.15) is 4.99 Å². The zero-order valence-corrected chi connectivity index (χ0v) is 18.8. The number of benzene rings is 2. The van der Waals surface area contributed by atoms with Crippen LogP contribution in [0.2, 0.25) is 0 Å². The molecular formula is C24H27FN4O4. The first kappa shape index (κ1) is 23.8. The van der Waals surface area contributed by atoms with E-state index >= 15 is 0 Å². The summed E-state index contributed by atoms with van der Waals surface area (Å²) in [5, 5.41) is 2.76. The molecule has 3 rings (SSSR count). The van der Waals surface area contributed by atoms with Crippen LogP contribution in [0.15, 0.2) is 53.7 Å². The van der Waals surface area contributed by atoms with Crippen molar-refractivity contribution in [2.45, 2.75) is 26.4 Å². The largest absolute Gasteiger partial charge is 0.491 e. The van der Waals surface area contributed by atoms with Gasteiger partial charge < -0.3 is 25.4 Å². The van der Waals surface area contributed by atoms with Crippen LogP contribution in [0.1, 0.15) is 41.0 Å². The molecule has 0 unspecified atom stereocenters. The van der Waals surface area contributed by atoms with E-state index in [0.717, 1.165) is 12.5 Å². The topological polar surface area (TPSA) is 106 Å². The summed E-state index contributed by atoms with van der Waals surface area (Å²) in [5.74, 6) is -1.05. The monoisotopic (exact) mass is 454 g/mol. The summed E-state index contributed by atoms with van der Waals surface area (Å²) in [6, 6.07) is 8.53. The van der Waals surface area contributed by atoms with E-state index in [1.807, 2.05) is 13.8 Å². The van der Waals surface area contributed by atoms with E-state index in [0.29, 0.717) is 18.8 Å². The number of amidine groups is 1. The van der Waals surface area contributed by atoms with E-state index in [4.69, 9.17) is 15.2 Å². The molecule has 1 aliphatic heterocycles. The minimum absolute atomic E-state index is 0.0144. The minimum atomic E-state index is -0.691. The highest BCUT2D eigenvalue weighted by Crippen LogP contribution is 2.31. The molecule has 3 N–H and O–H groups in total. The lowest BCUT2D eigenvalue weighted by atomic mass is 10.1. The fraction of sp³-hybridized carbons (Fsp3) is 0.292. The number of halogens is 1. The zero-order valence-electron chi connectivity index (χ0n) is 18.8. The lowest BCUT2D eigenvalue weighted by Gasteiger charge is -2.30. The molecule has 1 heterocycles. The second-order valence-corrected chi connectivity index (χ2v) is 7.72. The molecule has 0 bridgehead atoms. The van der Waals surface area contributed by atoms with Gasteiger partial charge >= 0.3 is 0 Å². The van der Waals surface area contributed by atoms with E-state index < -0.39 is 11.7 Å². The van der Waals surface area contributed by atoms with Crippen molar-refractivity contribution in [3.63, 3.8) is 0 Å². The van der Waals surface area contributed by atoms with Gasteiger partial charge in [0.1, 0.15) is 17.3 Å². The molecule has 2 amide bonds. The molecule has 8 nitrogen and oxygen atoms in total. The van der Waals surface area contributed by atoms with Gasteiger partial charge in [-0.3, -0.25) is 9.59 Å². The molecule has 174 valence electrons. The Hall–Kier alpha value is -3.88. The highest BCUT2D eigenvalue weighted by molar-refractivity contribution is 6.06. The number of ether oxygens (including phenoxy) is 2. The van der Waals surface area contributed by atoms with Crippen LogP contribution < -0.4 is 20.5 Å². The second kappa shape index (κ2) is 10.6. The molecule has 0 aromatic heterocycles. The number of nitrogens with zero attached hydrogens (tertiary/aromatic N) is 2. The van der Waals surface area contributed by atoms with Gasteiger partial charge in [0, 0.05) is 37.3 Å². The van der Waals surface area contributed by atoms with Gasteiger partial charge in [0.05, 0.1) is 6.10 Å². The van der Waals surface area contributed by atoms with Crippen LogP contribution in [-0.2, 0) is 0 Å². The van der Waals surface area contributed by atoms with Gasteiger partial charge in [-0.25, -0.2) is 4.39 Å². The molecular weight excluding hydrogens is 427 g/mol. The first-order chi connectivity index (χ1) is 15.8. The molecule has 0 atom stereocenters. The maximum Gasteiger partial charge on any atom is 0.279 e. The predicted molar refractivity (Wildman–Crippen MR) is 123 cm³/mol. The summed E-state index contributed by atoms with van der Waals surface area (Å²) in [6.45, 7) is 5.02. The van der Waals surface area contributed by atoms with Crippen molar-refractivity contribution in [1.29, 1.82) is 0 Å². The molecule has 1 aliphatic rings. The van der Waals surface area contributed by atoms with Crippen LogP contribution in [0.5, 0.6) is 17.2 Å².